The molecule has 1 saturated heterocycles. The molecule has 1 heterocycles. The van der Waals surface area contributed by atoms with E-state index in [-0.39, 0.29) is 11.3 Å². The van der Waals surface area contributed by atoms with Gasteiger partial charge in [0.1, 0.15) is 18.2 Å². The van der Waals surface area contributed by atoms with E-state index in [0.717, 1.165) is 24.0 Å². The van der Waals surface area contributed by atoms with Crippen LogP contribution in [0.2, 0.25) is 0 Å². The monoisotopic (exact) mass is 405 g/mol. The summed E-state index contributed by atoms with van der Waals surface area (Å²) < 4.78 is 21.0. The molecular formula is C20H21BrFNO2. The molecule has 132 valence electrons. The molecule has 0 amide bonds. The summed E-state index contributed by atoms with van der Waals surface area (Å²) in [6.45, 7) is 4.79. The normalized spacial score (nSPS) is 17.6. The minimum atomic E-state index is -0.552. The van der Waals surface area contributed by atoms with Gasteiger partial charge in [-0.2, -0.15) is 0 Å². The van der Waals surface area contributed by atoms with Crippen LogP contribution in [0.25, 0.3) is 0 Å². The summed E-state index contributed by atoms with van der Waals surface area (Å²) in [4.78, 5) is 14.8. The first-order valence-electron chi connectivity index (χ1n) is 8.55. The van der Waals surface area contributed by atoms with E-state index in [1.807, 2.05) is 0 Å². The minimum Gasteiger partial charge on any atom is -0.492 e. The lowest BCUT2D eigenvalue weighted by Crippen LogP contribution is -2.33. The highest BCUT2D eigenvalue weighted by Crippen LogP contribution is 2.22. The van der Waals surface area contributed by atoms with E-state index < -0.39 is 5.82 Å². The van der Waals surface area contributed by atoms with Crippen molar-refractivity contribution in [3.63, 3.8) is 0 Å². The van der Waals surface area contributed by atoms with E-state index in [2.05, 4.69) is 27.8 Å². The second-order valence-electron chi connectivity index (χ2n) is 6.21. The van der Waals surface area contributed by atoms with Gasteiger partial charge >= 0.3 is 0 Å². The van der Waals surface area contributed by atoms with E-state index in [1.54, 1.807) is 30.3 Å². The molecule has 5 heteroatoms. The Morgan fingerprint density at radius 3 is 2.72 bits per heavy atom. The van der Waals surface area contributed by atoms with Gasteiger partial charge in [-0.25, -0.2) is 4.39 Å². The number of carbonyl (C=O) groups excluding carboxylic acids is 1. The number of likely N-dealkylation sites (N-methyl/N-ethyl adjacent to an activating group) is 1. The summed E-state index contributed by atoms with van der Waals surface area (Å²) in [7, 11) is 0. The maximum atomic E-state index is 14.4. The Morgan fingerprint density at radius 1 is 1.28 bits per heavy atom. The molecule has 0 N–H and O–H groups in total. The highest BCUT2D eigenvalue weighted by Gasteiger charge is 2.23. The van der Waals surface area contributed by atoms with Crippen LogP contribution >= 0.6 is 15.9 Å². The molecule has 0 spiro atoms. The summed E-state index contributed by atoms with van der Waals surface area (Å²) >= 11 is 3.32. The van der Waals surface area contributed by atoms with Crippen LogP contribution in [0.4, 0.5) is 4.39 Å². The minimum absolute atomic E-state index is 0.0609. The zero-order chi connectivity index (χ0) is 17.8. The highest BCUT2D eigenvalue weighted by atomic mass is 79.9. The summed E-state index contributed by atoms with van der Waals surface area (Å²) in [5.41, 5.74) is 0.519. The molecule has 3 nitrogen and oxygen atoms in total. The molecule has 0 radical (unpaired) electrons. The maximum Gasteiger partial charge on any atom is 0.195 e. The van der Waals surface area contributed by atoms with Gasteiger partial charge in [-0.3, -0.25) is 9.69 Å². The lowest BCUT2D eigenvalue weighted by atomic mass is 10.0. The number of nitrogens with zero attached hydrogens (tertiary/aromatic N) is 1. The first-order valence-corrected chi connectivity index (χ1v) is 9.34. The smallest absolute Gasteiger partial charge is 0.195 e. The van der Waals surface area contributed by atoms with Gasteiger partial charge in [0.2, 0.25) is 0 Å². The van der Waals surface area contributed by atoms with Crippen molar-refractivity contribution in [1.82, 2.24) is 4.90 Å². The Hall–Kier alpha value is -1.72. The molecular weight excluding hydrogens is 385 g/mol. The van der Waals surface area contributed by atoms with Crippen molar-refractivity contribution in [1.29, 1.82) is 0 Å². The predicted octanol–water partition coefficient (Wildman–Crippen LogP) is 4.68. The topological polar surface area (TPSA) is 29.5 Å². The summed E-state index contributed by atoms with van der Waals surface area (Å²) in [6.07, 6.45) is 2.29. The Kier molecular flexibility index (Phi) is 5.86. The van der Waals surface area contributed by atoms with E-state index in [9.17, 15) is 9.18 Å². The number of likely N-dealkylation sites (tertiary alicyclic amines) is 1. The molecule has 0 aliphatic carbocycles. The van der Waals surface area contributed by atoms with Gasteiger partial charge in [0.05, 0.1) is 5.56 Å². The van der Waals surface area contributed by atoms with Crippen LogP contribution in [-0.4, -0.2) is 36.4 Å². The second-order valence-corrected chi connectivity index (χ2v) is 7.13. The van der Waals surface area contributed by atoms with Crippen LogP contribution in [0.15, 0.2) is 46.9 Å². The van der Waals surface area contributed by atoms with Gasteiger partial charge in [0.25, 0.3) is 0 Å². The van der Waals surface area contributed by atoms with Crippen molar-refractivity contribution in [3.05, 3.63) is 63.9 Å². The van der Waals surface area contributed by atoms with E-state index in [4.69, 9.17) is 4.74 Å². The lowest BCUT2D eigenvalue weighted by molar-refractivity contribution is 0.103. The van der Waals surface area contributed by atoms with Crippen LogP contribution in [0.5, 0.6) is 5.75 Å². The number of benzene rings is 2. The maximum absolute atomic E-state index is 14.4. The van der Waals surface area contributed by atoms with Crippen molar-refractivity contribution < 1.29 is 13.9 Å². The van der Waals surface area contributed by atoms with Crippen molar-refractivity contribution in [3.8, 4) is 5.75 Å². The Balaban J connectivity index is 1.68. The van der Waals surface area contributed by atoms with E-state index >= 15 is 0 Å². The van der Waals surface area contributed by atoms with Crippen molar-refractivity contribution in [2.75, 3.05) is 19.7 Å². The van der Waals surface area contributed by atoms with Crippen LogP contribution in [0, 0.1) is 5.82 Å². The van der Waals surface area contributed by atoms with Gasteiger partial charge in [0, 0.05) is 22.1 Å². The fraction of sp³-hybridized carbons (Fsp3) is 0.350. The molecule has 1 aliphatic rings. The second kappa shape index (κ2) is 8.11. The third-order valence-electron chi connectivity index (χ3n) is 4.64. The molecule has 1 aliphatic heterocycles. The van der Waals surface area contributed by atoms with Gasteiger partial charge in [-0.15, -0.1) is 0 Å². The van der Waals surface area contributed by atoms with Crippen LogP contribution in [0.3, 0.4) is 0 Å². The first kappa shape index (κ1) is 18.1. The fourth-order valence-electron chi connectivity index (χ4n) is 3.22. The van der Waals surface area contributed by atoms with E-state index in [0.29, 0.717) is 24.0 Å². The molecule has 2 aromatic carbocycles. The summed E-state index contributed by atoms with van der Waals surface area (Å²) in [5.74, 6) is -0.415. The lowest BCUT2D eigenvalue weighted by Gasteiger charge is -2.22. The molecule has 0 aromatic heterocycles. The molecule has 0 bridgehead atoms. The van der Waals surface area contributed by atoms with Crippen LogP contribution < -0.4 is 4.74 Å². The van der Waals surface area contributed by atoms with E-state index in [1.165, 1.54) is 18.6 Å². The molecule has 2 aromatic rings. The van der Waals surface area contributed by atoms with Crippen LogP contribution in [0.1, 0.15) is 35.7 Å². The third-order valence-corrected chi connectivity index (χ3v) is 5.17. The number of hydrogen-bond donors (Lipinski definition) is 0. The Morgan fingerprint density at radius 2 is 2.04 bits per heavy atom. The average molecular weight is 406 g/mol. The molecule has 3 rings (SSSR count). The SMILES string of the molecule is CCN1CCCC1COc1ccc(C(=O)c2ccc(Br)cc2)c(F)c1. The quantitative estimate of drug-likeness (QED) is 0.653. The van der Waals surface area contributed by atoms with Crippen molar-refractivity contribution in [2.24, 2.45) is 0 Å². The largest absolute Gasteiger partial charge is 0.492 e. The number of ether oxygens (including phenoxy) is 1. The standard InChI is InChI=1S/C20H21BrFNO2/c1-2-23-11-3-4-16(23)13-25-17-9-10-18(19(22)12-17)20(24)14-5-7-15(21)8-6-14/h5-10,12,16H,2-4,11,13H2,1H3. The van der Waals surface area contributed by atoms with Gasteiger partial charge in [0.15, 0.2) is 5.78 Å². The zero-order valence-electron chi connectivity index (χ0n) is 14.2. The highest BCUT2D eigenvalue weighted by molar-refractivity contribution is 9.10. The zero-order valence-corrected chi connectivity index (χ0v) is 15.8. The number of carbonyl (C=O) groups is 1. The summed E-state index contributed by atoms with van der Waals surface area (Å²) in [5, 5.41) is 0. The average Bonchev–Trinajstić information content (AvgIpc) is 3.08. The molecule has 1 unspecified atom stereocenters. The molecule has 1 atom stereocenters. The van der Waals surface area contributed by atoms with Crippen LogP contribution in [-0.2, 0) is 0 Å². The number of halogens is 2. The number of hydrogen-bond acceptors (Lipinski definition) is 3. The van der Waals surface area contributed by atoms with Gasteiger partial charge < -0.3 is 4.74 Å². The van der Waals surface area contributed by atoms with Crippen molar-refractivity contribution >= 4 is 21.7 Å². The first-order chi connectivity index (χ1) is 12.1. The number of rotatable bonds is 6. The Bertz CT molecular complexity index is 748. The molecule has 0 saturated carbocycles. The van der Waals surface area contributed by atoms with Gasteiger partial charge in [-0.05, 0) is 62.3 Å². The molecule has 25 heavy (non-hydrogen) atoms. The van der Waals surface area contributed by atoms with Crippen molar-refractivity contribution in [2.45, 2.75) is 25.8 Å². The fourth-order valence-corrected chi connectivity index (χ4v) is 3.48. The Labute approximate surface area is 155 Å². The summed E-state index contributed by atoms with van der Waals surface area (Å²) in [6, 6.07) is 11.7. The van der Waals surface area contributed by atoms with Gasteiger partial charge in [-0.1, -0.05) is 22.9 Å². The molecule has 1 fully saturated rings. The number of ketones is 1. The predicted molar refractivity (Wildman–Crippen MR) is 99.7 cm³/mol. The third kappa shape index (κ3) is 4.28.